The minimum atomic E-state index is 0.408. The van der Waals surface area contributed by atoms with Gasteiger partial charge >= 0.3 is 0 Å². The zero-order chi connectivity index (χ0) is 18.5. The number of rotatable bonds is 6. The first-order valence-corrected chi connectivity index (χ1v) is 8.12. The van der Waals surface area contributed by atoms with Gasteiger partial charge in [-0.1, -0.05) is 12.1 Å². The van der Waals surface area contributed by atoms with Gasteiger partial charge in [0.15, 0.2) is 5.82 Å². The molecule has 0 fully saturated rings. The summed E-state index contributed by atoms with van der Waals surface area (Å²) in [5.74, 6) is 2.34. The Morgan fingerprint density at radius 1 is 0.885 bits per heavy atom. The van der Waals surface area contributed by atoms with Crippen LogP contribution >= 0.6 is 0 Å². The van der Waals surface area contributed by atoms with Crippen molar-refractivity contribution in [2.45, 2.75) is 13.8 Å². The predicted molar refractivity (Wildman–Crippen MR) is 102 cm³/mol. The molecule has 2 N–H and O–H groups in total. The molecule has 0 radical (unpaired) electrons. The second kappa shape index (κ2) is 7.69. The summed E-state index contributed by atoms with van der Waals surface area (Å²) in [6.45, 7) is 4.06. The summed E-state index contributed by atoms with van der Waals surface area (Å²) in [6.07, 6.45) is 1.55. The lowest BCUT2D eigenvalue weighted by Gasteiger charge is -2.13. The van der Waals surface area contributed by atoms with E-state index in [9.17, 15) is 0 Å². The summed E-state index contributed by atoms with van der Waals surface area (Å²) in [7, 11) is 3.22. The number of hydrogen-bond acceptors (Lipinski definition) is 7. The van der Waals surface area contributed by atoms with E-state index in [-0.39, 0.29) is 0 Å². The monoisotopic (exact) mass is 351 g/mol. The number of ether oxygens (including phenoxy) is 2. The van der Waals surface area contributed by atoms with Crippen LogP contribution in [0.1, 0.15) is 11.1 Å². The van der Waals surface area contributed by atoms with Crippen molar-refractivity contribution in [2.24, 2.45) is 0 Å². The Morgan fingerprint density at radius 2 is 1.73 bits per heavy atom. The van der Waals surface area contributed by atoms with Crippen LogP contribution in [0.2, 0.25) is 0 Å². The van der Waals surface area contributed by atoms with Crippen LogP contribution in [-0.4, -0.2) is 29.4 Å². The van der Waals surface area contributed by atoms with Gasteiger partial charge in [-0.25, -0.2) is 0 Å². The molecule has 2 aromatic carbocycles. The van der Waals surface area contributed by atoms with Crippen molar-refractivity contribution in [3.05, 3.63) is 53.7 Å². The Bertz CT molecular complexity index is 914. The van der Waals surface area contributed by atoms with Crippen LogP contribution < -0.4 is 20.1 Å². The van der Waals surface area contributed by atoms with Crippen LogP contribution in [0.25, 0.3) is 0 Å². The molecular formula is C19H21N5O2. The topological polar surface area (TPSA) is 81.2 Å². The van der Waals surface area contributed by atoms with Gasteiger partial charge in [0.1, 0.15) is 11.5 Å². The van der Waals surface area contributed by atoms with Gasteiger partial charge in [0.25, 0.3) is 0 Å². The molecule has 3 rings (SSSR count). The second-order valence-electron chi connectivity index (χ2n) is 5.80. The maximum absolute atomic E-state index is 5.37. The molecule has 0 unspecified atom stereocenters. The van der Waals surface area contributed by atoms with E-state index in [0.29, 0.717) is 23.3 Å². The Balaban J connectivity index is 1.85. The molecule has 0 saturated carbocycles. The summed E-state index contributed by atoms with van der Waals surface area (Å²) in [5, 5.41) is 14.5. The smallest absolute Gasteiger partial charge is 0.249 e. The molecule has 0 aliphatic heterocycles. The average molecular weight is 351 g/mol. The minimum Gasteiger partial charge on any atom is -0.497 e. The highest BCUT2D eigenvalue weighted by atomic mass is 16.5. The van der Waals surface area contributed by atoms with Gasteiger partial charge in [0, 0.05) is 11.8 Å². The largest absolute Gasteiger partial charge is 0.497 e. The lowest BCUT2D eigenvalue weighted by atomic mass is 10.1. The minimum absolute atomic E-state index is 0.408. The fourth-order valence-corrected chi connectivity index (χ4v) is 2.46. The number of aromatic nitrogens is 3. The van der Waals surface area contributed by atoms with Gasteiger partial charge in [-0.15, -0.1) is 5.10 Å². The molecule has 1 aromatic heterocycles. The highest BCUT2D eigenvalue weighted by Crippen LogP contribution is 2.31. The van der Waals surface area contributed by atoms with Crippen LogP contribution in [0.4, 0.5) is 23.1 Å². The van der Waals surface area contributed by atoms with Crippen molar-refractivity contribution in [1.29, 1.82) is 0 Å². The normalized spacial score (nSPS) is 10.3. The van der Waals surface area contributed by atoms with Crippen LogP contribution in [0.5, 0.6) is 11.5 Å². The number of methoxy groups -OCH3 is 2. The number of benzene rings is 2. The molecule has 0 atom stereocenters. The predicted octanol–water partition coefficient (Wildman–Crippen LogP) is 3.99. The summed E-state index contributed by atoms with van der Waals surface area (Å²) < 4.78 is 10.6. The Kier molecular flexibility index (Phi) is 5.17. The van der Waals surface area contributed by atoms with Crippen molar-refractivity contribution in [3.8, 4) is 11.5 Å². The molecule has 3 aromatic rings. The first kappa shape index (κ1) is 17.5. The quantitative estimate of drug-likeness (QED) is 0.695. The molecule has 0 aliphatic rings. The van der Waals surface area contributed by atoms with Gasteiger partial charge in [0.05, 0.1) is 26.1 Å². The maximum atomic E-state index is 5.37. The summed E-state index contributed by atoms with van der Waals surface area (Å²) >= 11 is 0. The third kappa shape index (κ3) is 4.00. The molecular weight excluding hydrogens is 330 g/mol. The van der Waals surface area contributed by atoms with E-state index in [4.69, 9.17) is 9.47 Å². The molecule has 0 saturated heterocycles. The molecule has 0 aliphatic carbocycles. The second-order valence-corrected chi connectivity index (χ2v) is 5.80. The molecule has 26 heavy (non-hydrogen) atoms. The maximum Gasteiger partial charge on any atom is 0.249 e. The molecule has 7 heteroatoms. The number of nitrogens with one attached hydrogen (secondary N) is 2. The van der Waals surface area contributed by atoms with Crippen molar-refractivity contribution in [2.75, 3.05) is 24.9 Å². The van der Waals surface area contributed by atoms with E-state index in [1.807, 2.05) is 44.2 Å². The van der Waals surface area contributed by atoms with Crippen LogP contribution in [0.3, 0.4) is 0 Å². The van der Waals surface area contributed by atoms with E-state index in [1.165, 1.54) is 0 Å². The number of aryl methyl sites for hydroxylation is 2. The number of anilines is 4. The first-order valence-electron chi connectivity index (χ1n) is 8.12. The van der Waals surface area contributed by atoms with E-state index < -0.39 is 0 Å². The van der Waals surface area contributed by atoms with Crippen molar-refractivity contribution in [1.82, 2.24) is 15.2 Å². The lowest BCUT2D eigenvalue weighted by Crippen LogP contribution is -2.04. The molecule has 0 amide bonds. The fourth-order valence-electron chi connectivity index (χ4n) is 2.46. The fraction of sp³-hybridized carbons (Fsp3) is 0.211. The zero-order valence-corrected chi connectivity index (χ0v) is 15.2. The first-order chi connectivity index (χ1) is 12.6. The average Bonchev–Trinajstić information content (AvgIpc) is 2.65. The lowest BCUT2D eigenvalue weighted by molar-refractivity contribution is 0.405. The Hall–Kier alpha value is -3.35. The van der Waals surface area contributed by atoms with Gasteiger partial charge in [-0.05, 0) is 43.2 Å². The van der Waals surface area contributed by atoms with Crippen molar-refractivity contribution >= 4 is 23.1 Å². The van der Waals surface area contributed by atoms with Gasteiger partial charge in [-0.2, -0.15) is 10.1 Å². The highest BCUT2D eigenvalue weighted by molar-refractivity contribution is 5.67. The summed E-state index contributed by atoms with van der Waals surface area (Å²) in [4.78, 5) is 4.47. The summed E-state index contributed by atoms with van der Waals surface area (Å²) in [6, 6.07) is 11.6. The Morgan fingerprint density at radius 3 is 2.50 bits per heavy atom. The molecule has 7 nitrogen and oxygen atoms in total. The zero-order valence-electron chi connectivity index (χ0n) is 15.2. The van der Waals surface area contributed by atoms with Crippen molar-refractivity contribution in [3.63, 3.8) is 0 Å². The van der Waals surface area contributed by atoms with Crippen LogP contribution in [0, 0.1) is 13.8 Å². The van der Waals surface area contributed by atoms with Crippen molar-refractivity contribution < 1.29 is 9.47 Å². The van der Waals surface area contributed by atoms with E-state index >= 15 is 0 Å². The van der Waals surface area contributed by atoms with Gasteiger partial charge in [-0.3, -0.25) is 0 Å². The standard InChI is InChI=1S/C19H21N5O2/c1-12-5-6-13(2)15(9-12)22-19-23-18(11-20-24-19)21-16-10-14(25-3)7-8-17(16)26-4/h5-11H,1-4H3,(H2,21,22,23,24). The van der Waals surface area contributed by atoms with Gasteiger partial charge in [0.2, 0.25) is 5.95 Å². The van der Waals surface area contributed by atoms with Crippen LogP contribution in [-0.2, 0) is 0 Å². The molecule has 1 heterocycles. The van der Waals surface area contributed by atoms with E-state index in [2.05, 4.69) is 31.9 Å². The van der Waals surface area contributed by atoms with Crippen LogP contribution in [0.15, 0.2) is 42.6 Å². The summed E-state index contributed by atoms with van der Waals surface area (Å²) in [5.41, 5.74) is 3.93. The number of nitrogens with zero attached hydrogens (tertiary/aromatic N) is 3. The Labute approximate surface area is 152 Å². The highest BCUT2D eigenvalue weighted by Gasteiger charge is 2.08. The third-order valence-electron chi connectivity index (χ3n) is 3.87. The SMILES string of the molecule is COc1ccc(OC)c(Nc2cnnc(Nc3cc(C)ccc3C)n2)c1. The molecule has 0 bridgehead atoms. The van der Waals surface area contributed by atoms with E-state index in [0.717, 1.165) is 22.5 Å². The third-order valence-corrected chi connectivity index (χ3v) is 3.87. The molecule has 134 valence electrons. The number of hydrogen-bond donors (Lipinski definition) is 2. The van der Waals surface area contributed by atoms with E-state index in [1.54, 1.807) is 20.4 Å². The molecule has 0 spiro atoms. The van der Waals surface area contributed by atoms with Gasteiger partial charge < -0.3 is 20.1 Å².